The summed E-state index contributed by atoms with van der Waals surface area (Å²) in [6.07, 6.45) is 0.409. The summed E-state index contributed by atoms with van der Waals surface area (Å²) in [7, 11) is 0. The average molecular weight is 298 g/mol. The predicted octanol–water partition coefficient (Wildman–Crippen LogP) is -1.15. The van der Waals surface area contributed by atoms with Crippen LogP contribution in [0.4, 0.5) is 0 Å². The Hall–Kier alpha value is -1.93. The maximum Gasteiger partial charge on any atom is 0.240 e. The molecule has 3 amide bonds. The third-order valence-corrected chi connectivity index (χ3v) is 3.44. The van der Waals surface area contributed by atoms with Gasteiger partial charge >= 0.3 is 0 Å². The standard InChI is InChI=1S/C12H18N4O3S/c13-8(5-7-3-4-20-6-7)12(19)16-9(11(15)18)1-2-10(14)17/h3-4,6,8-9H,1-2,5,13H2,(H2,14,17)(H2,15,18)(H,16,19)/t8-,9-/m0/s1. The number of amides is 3. The number of primary amides is 2. The molecule has 0 fully saturated rings. The number of hydrogen-bond acceptors (Lipinski definition) is 5. The van der Waals surface area contributed by atoms with E-state index in [2.05, 4.69) is 5.32 Å². The minimum absolute atomic E-state index is 0.0341. The number of thiophene rings is 1. The van der Waals surface area contributed by atoms with Crippen molar-refractivity contribution >= 4 is 29.1 Å². The summed E-state index contributed by atoms with van der Waals surface area (Å²) >= 11 is 1.51. The van der Waals surface area contributed by atoms with Gasteiger partial charge in [-0.15, -0.1) is 0 Å². The van der Waals surface area contributed by atoms with E-state index in [-0.39, 0.29) is 12.8 Å². The van der Waals surface area contributed by atoms with Crippen LogP contribution in [-0.4, -0.2) is 29.8 Å². The lowest BCUT2D eigenvalue weighted by molar-refractivity contribution is -0.128. The Morgan fingerprint density at radius 3 is 2.50 bits per heavy atom. The first-order chi connectivity index (χ1) is 9.40. The van der Waals surface area contributed by atoms with Gasteiger partial charge in [-0.1, -0.05) is 0 Å². The molecule has 0 aliphatic heterocycles. The zero-order chi connectivity index (χ0) is 15.1. The van der Waals surface area contributed by atoms with E-state index in [1.54, 1.807) is 0 Å². The van der Waals surface area contributed by atoms with Gasteiger partial charge in [0.1, 0.15) is 6.04 Å². The zero-order valence-corrected chi connectivity index (χ0v) is 11.7. The maximum atomic E-state index is 11.9. The van der Waals surface area contributed by atoms with Crippen LogP contribution in [0.2, 0.25) is 0 Å². The summed E-state index contributed by atoms with van der Waals surface area (Å²) < 4.78 is 0. The van der Waals surface area contributed by atoms with E-state index in [1.165, 1.54) is 11.3 Å². The van der Waals surface area contributed by atoms with Gasteiger partial charge in [0, 0.05) is 6.42 Å². The SMILES string of the molecule is NC(=O)CC[C@H](NC(=O)[C@@H](N)Cc1ccsc1)C(N)=O. The first-order valence-corrected chi connectivity index (χ1v) is 6.99. The van der Waals surface area contributed by atoms with Gasteiger partial charge in [0.2, 0.25) is 17.7 Å². The fourth-order valence-electron chi connectivity index (χ4n) is 1.61. The van der Waals surface area contributed by atoms with E-state index in [0.29, 0.717) is 6.42 Å². The molecule has 0 saturated carbocycles. The number of rotatable bonds is 8. The molecule has 0 unspecified atom stereocenters. The van der Waals surface area contributed by atoms with Crippen molar-refractivity contribution in [1.29, 1.82) is 0 Å². The number of carbonyl (C=O) groups excluding carboxylic acids is 3. The van der Waals surface area contributed by atoms with E-state index in [4.69, 9.17) is 17.2 Å². The molecule has 0 radical (unpaired) electrons. The molecular weight excluding hydrogens is 280 g/mol. The van der Waals surface area contributed by atoms with E-state index in [0.717, 1.165) is 5.56 Å². The largest absolute Gasteiger partial charge is 0.370 e. The van der Waals surface area contributed by atoms with Crippen LogP contribution in [0.15, 0.2) is 16.8 Å². The Balaban J connectivity index is 2.52. The van der Waals surface area contributed by atoms with Crippen molar-refractivity contribution in [2.24, 2.45) is 17.2 Å². The molecule has 0 aliphatic rings. The third-order valence-electron chi connectivity index (χ3n) is 2.71. The van der Waals surface area contributed by atoms with Crippen molar-refractivity contribution in [3.05, 3.63) is 22.4 Å². The third kappa shape index (κ3) is 5.37. The van der Waals surface area contributed by atoms with Crippen LogP contribution < -0.4 is 22.5 Å². The van der Waals surface area contributed by atoms with E-state index in [1.807, 2.05) is 16.8 Å². The average Bonchev–Trinajstić information content (AvgIpc) is 2.86. The second-order valence-electron chi connectivity index (χ2n) is 4.41. The number of hydrogen-bond donors (Lipinski definition) is 4. The summed E-state index contributed by atoms with van der Waals surface area (Å²) in [5.41, 5.74) is 16.9. The fourth-order valence-corrected chi connectivity index (χ4v) is 2.29. The first-order valence-electron chi connectivity index (χ1n) is 6.04. The van der Waals surface area contributed by atoms with Crippen molar-refractivity contribution in [2.75, 3.05) is 0 Å². The van der Waals surface area contributed by atoms with Crippen molar-refractivity contribution in [3.8, 4) is 0 Å². The molecule has 0 aromatic carbocycles. The summed E-state index contributed by atoms with van der Waals surface area (Å²) in [5, 5.41) is 6.22. The Morgan fingerprint density at radius 2 is 2.00 bits per heavy atom. The van der Waals surface area contributed by atoms with Crippen molar-refractivity contribution in [3.63, 3.8) is 0 Å². The highest BCUT2D eigenvalue weighted by Crippen LogP contribution is 2.08. The molecule has 0 spiro atoms. The Kier molecular flexibility index (Phi) is 6.13. The van der Waals surface area contributed by atoms with Crippen LogP contribution in [0.5, 0.6) is 0 Å². The zero-order valence-electron chi connectivity index (χ0n) is 10.9. The predicted molar refractivity (Wildman–Crippen MR) is 75.6 cm³/mol. The van der Waals surface area contributed by atoms with Gasteiger partial charge in [0.25, 0.3) is 0 Å². The Bertz CT molecular complexity index is 475. The molecule has 2 atom stereocenters. The lowest BCUT2D eigenvalue weighted by atomic mass is 10.1. The molecule has 1 aromatic rings. The first kappa shape index (κ1) is 16.1. The topological polar surface area (TPSA) is 141 Å². The Labute approximate surface area is 120 Å². The normalized spacial score (nSPS) is 13.4. The van der Waals surface area contributed by atoms with Gasteiger partial charge < -0.3 is 22.5 Å². The quantitative estimate of drug-likeness (QED) is 0.481. The molecular formula is C12H18N4O3S. The lowest BCUT2D eigenvalue weighted by Gasteiger charge is -2.17. The highest BCUT2D eigenvalue weighted by Gasteiger charge is 2.22. The summed E-state index contributed by atoms with van der Waals surface area (Å²) in [5.74, 6) is -1.76. The van der Waals surface area contributed by atoms with E-state index in [9.17, 15) is 14.4 Å². The molecule has 110 valence electrons. The van der Waals surface area contributed by atoms with Crippen LogP contribution in [-0.2, 0) is 20.8 Å². The molecule has 20 heavy (non-hydrogen) atoms. The molecule has 7 nitrogen and oxygen atoms in total. The van der Waals surface area contributed by atoms with E-state index < -0.39 is 29.8 Å². The van der Waals surface area contributed by atoms with Crippen molar-refractivity contribution in [2.45, 2.75) is 31.3 Å². The van der Waals surface area contributed by atoms with Gasteiger partial charge in [0.15, 0.2) is 0 Å². The van der Waals surface area contributed by atoms with Crippen molar-refractivity contribution < 1.29 is 14.4 Å². The van der Waals surface area contributed by atoms with Crippen LogP contribution in [0, 0.1) is 0 Å². The van der Waals surface area contributed by atoms with Gasteiger partial charge in [-0.25, -0.2) is 0 Å². The molecule has 1 aromatic heterocycles. The maximum absolute atomic E-state index is 11.9. The number of nitrogens with two attached hydrogens (primary N) is 3. The second kappa shape index (κ2) is 7.61. The molecule has 0 aliphatic carbocycles. The molecule has 7 N–H and O–H groups in total. The fraction of sp³-hybridized carbons (Fsp3) is 0.417. The highest BCUT2D eigenvalue weighted by atomic mass is 32.1. The molecule has 0 bridgehead atoms. The highest BCUT2D eigenvalue weighted by molar-refractivity contribution is 7.07. The number of carbonyl (C=O) groups is 3. The van der Waals surface area contributed by atoms with Gasteiger partial charge in [-0.3, -0.25) is 14.4 Å². The van der Waals surface area contributed by atoms with Crippen LogP contribution in [0.3, 0.4) is 0 Å². The van der Waals surface area contributed by atoms with Crippen LogP contribution >= 0.6 is 11.3 Å². The van der Waals surface area contributed by atoms with Crippen LogP contribution in [0.25, 0.3) is 0 Å². The number of nitrogens with one attached hydrogen (secondary N) is 1. The second-order valence-corrected chi connectivity index (χ2v) is 5.19. The van der Waals surface area contributed by atoms with Crippen molar-refractivity contribution in [1.82, 2.24) is 5.32 Å². The van der Waals surface area contributed by atoms with Gasteiger partial charge in [-0.2, -0.15) is 11.3 Å². The monoisotopic (exact) mass is 298 g/mol. The summed E-state index contributed by atoms with van der Waals surface area (Å²) in [6, 6.07) is 0.153. The summed E-state index contributed by atoms with van der Waals surface area (Å²) in [4.78, 5) is 33.8. The summed E-state index contributed by atoms with van der Waals surface area (Å²) in [6.45, 7) is 0. The Morgan fingerprint density at radius 1 is 1.30 bits per heavy atom. The van der Waals surface area contributed by atoms with E-state index >= 15 is 0 Å². The van der Waals surface area contributed by atoms with Gasteiger partial charge in [-0.05, 0) is 35.2 Å². The molecule has 1 rings (SSSR count). The molecule has 8 heteroatoms. The molecule has 0 saturated heterocycles. The minimum atomic E-state index is -0.941. The lowest BCUT2D eigenvalue weighted by Crippen LogP contribution is -2.51. The van der Waals surface area contributed by atoms with Crippen LogP contribution in [0.1, 0.15) is 18.4 Å². The molecule has 1 heterocycles. The smallest absolute Gasteiger partial charge is 0.240 e. The van der Waals surface area contributed by atoms with Gasteiger partial charge in [0.05, 0.1) is 6.04 Å². The minimum Gasteiger partial charge on any atom is -0.370 e.